The first-order valence-corrected chi connectivity index (χ1v) is 14.5. The number of methoxy groups -OCH3 is 1. The fourth-order valence-electron chi connectivity index (χ4n) is 5.24. The van der Waals surface area contributed by atoms with E-state index < -0.39 is 48.1 Å². The smallest absolute Gasteiger partial charge is 0.339 e. The van der Waals surface area contributed by atoms with Gasteiger partial charge < -0.3 is 29.9 Å². The molecule has 0 saturated carbocycles. The lowest BCUT2D eigenvalue weighted by Crippen LogP contribution is -2.21. The third-order valence-corrected chi connectivity index (χ3v) is 7.22. The normalized spacial score (nSPS) is 12.7. The van der Waals surface area contributed by atoms with E-state index in [2.05, 4.69) is 5.32 Å². The predicted octanol–water partition coefficient (Wildman–Crippen LogP) is 6.32. The van der Waals surface area contributed by atoms with E-state index in [-0.39, 0.29) is 29.4 Å². The lowest BCUT2D eigenvalue weighted by atomic mass is 9.94. The lowest BCUT2D eigenvalue weighted by molar-refractivity contribution is -0.139. The van der Waals surface area contributed by atoms with Gasteiger partial charge in [0.15, 0.2) is 0 Å². The number of ether oxygens (including phenoxy) is 1. The van der Waals surface area contributed by atoms with E-state index >= 15 is 0 Å². The van der Waals surface area contributed by atoms with Gasteiger partial charge in [0.25, 0.3) is 5.91 Å². The standard InChI is InChI=1S/C35H34F2N2O7/c1-20(2)39-29(17-16-25(40)18-26(41)19-30(42)43)31(21-8-12-23(36)13-9-21)32(22-10-14-24(37)15-11-22)33(39)34(44)38-28-7-5-4-6-27(28)35(45)46-3/h4-17,20,25-26,40-41H,18-19H2,1-3H3,(H,38,44)(H,42,43)/b17-16+. The second kappa shape index (κ2) is 14.8. The molecule has 9 nitrogen and oxygen atoms in total. The van der Waals surface area contributed by atoms with Crippen molar-refractivity contribution in [2.75, 3.05) is 12.4 Å². The maximum absolute atomic E-state index is 14.3. The van der Waals surface area contributed by atoms with Crippen molar-refractivity contribution in [3.05, 3.63) is 107 Å². The number of benzene rings is 3. The molecule has 0 aliphatic carbocycles. The SMILES string of the molecule is COC(=O)c1ccccc1NC(=O)c1c(-c2ccc(F)cc2)c(-c2ccc(F)cc2)c(/C=C/C(O)CC(O)CC(=O)O)n1C(C)C. The molecule has 11 heteroatoms. The number of amides is 1. The molecule has 4 aromatic rings. The minimum absolute atomic E-state index is 0.117. The Labute approximate surface area is 264 Å². The van der Waals surface area contributed by atoms with E-state index in [0.29, 0.717) is 27.9 Å². The zero-order valence-electron chi connectivity index (χ0n) is 25.4. The number of hydrogen-bond acceptors (Lipinski definition) is 6. The molecule has 0 aliphatic rings. The molecule has 2 atom stereocenters. The Hall–Kier alpha value is -5.13. The van der Waals surface area contributed by atoms with Crippen LogP contribution in [-0.2, 0) is 9.53 Å². The molecule has 0 bridgehead atoms. The summed E-state index contributed by atoms with van der Waals surface area (Å²) in [5.74, 6) is -3.50. The van der Waals surface area contributed by atoms with Crippen molar-refractivity contribution in [3.8, 4) is 22.3 Å². The first kappa shape index (κ1) is 33.8. The van der Waals surface area contributed by atoms with Crippen molar-refractivity contribution in [2.45, 2.75) is 44.9 Å². The van der Waals surface area contributed by atoms with Gasteiger partial charge in [0.1, 0.15) is 17.3 Å². The molecule has 1 amide bonds. The van der Waals surface area contributed by atoms with Crippen molar-refractivity contribution in [1.29, 1.82) is 0 Å². The van der Waals surface area contributed by atoms with E-state index in [4.69, 9.17) is 9.84 Å². The molecule has 0 spiro atoms. The number of aliphatic hydroxyl groups is 2. The average Bonchev–Trinajstić information content (AvgIpc) is 3.35. The average molecular weight is 633 g/mol. The van der Waals surface area contributed by atoms with E-state index in [1.54, 1.807) is 28.8 Å². The van der Waals surface area contributed by atoms with Gasteiger partial charge in [-0.05, 0) is 67.4 Å². The molecule has 0 radical (unpaired) electrons. The Kier molecular flexibility index (Phi) is 10.8. The third-order valence-electron chi connectivity index (χ3n) is 7.22. The van der Waals surface area contributed by atoms with Gasteiger partial charge in [-0.1, -0.05) is 42.5 Å². The second-order valence-corrected chi connectivity index (χ2v) is 10.9. The van der Waals surface area contributed by atoms with Gasteiger partial charge in [-0.3, -0.25) is 9.59 Å². The number of aliphatic hydroxyl groups excluding tert-OH is 2. The summed E-state index contributed by atoms with van der Waals surface area (Å²) in [5.41, 5.74) is 2.63. The summed E-state index contributed by atoms with van der Waals surface area (Å²) in [6.07, 6.45) is -0.474. The van der Waals surface area contributed by atoms with Crippen LogP contribution in [0.4, 0.5) is 14.5 Å². The van der Waals surface area contributed by atoms with Crippen molar-refractivity contribution >= 4 is 29.6 Å². The summed E-state index contributed by atoms with van der Waals surface area (Å²) in [4.78, 5) is 37.8. The number of aromatic nitrogens is 1. The summed E-state index contributed by atoms with van der Waals surface area (Å²) in [6, 6.07) is 17.0. The van der Waals surface area contributed by atoms with Crippen LogP contribution in [0.3, 0.4) is 0 Å². The van der Waals surface area contributed by atoms with Crippen molar-refractivity contribution in [2.24, 2.45) is 0 Å². The molecule has 0 aliphatic heterocycles. The molecule has 4 rings (SSSR count). The molecule has 4 N–H and O–H groups in total. The Morgan fingerprint density at radius 1 is 0.891 bits per heavy atom. The van der Waals surface area contributed by atoms with Crippen LogP contribution >= 0.6 is 0 Å². The van der Waals surface area contributed by atoms with Gasteiger partial charge in [-0.2, -0.15) is 0 Å². The summed E-state index contributed by atoms with van der Waals surface area (Å²) < 4.78 is 34.8. The topological polar surface area (TPSA) is 138 Å². The van der Waals surface area contributed by atoms with Crippen LogP contribution in [0.25, 0.3) is 28.3 Å². The van der Waals surface area contributed by atoms with Crippen LogP contribution in [0.5, 0.6) is 0 Å². The largest absolute Gasteiger partial charge is 0.481 e. The van der Waals surface area contributed by atoms with E-state index in [1.165, 1.54) is 67.8 Å². The first-order chi connectivity index (χ1) is 21.9. The van der Waals surface area contributed by atoms with Crippen LogP contribution in [-0.4, -0.2) is 57.1 Å². The number of hydrogen-bond donors (Lipinski definition) is 4. The fraction of sp³-hybridized carbons (Fsp3) is 0.229. The van der Waals surface area contributed by atoms with E-state index in [1.807, 2.05) is 13.8 Å². The number of nitrogens with one attached hydrogen (secondary N) is 1. The predicted molar refractivity (Wildman–Crippen MR) is 169 cm³/mol. The number of halogens is 2. The quantitative estimate of drug-likeness (QED) is 0.134. The number of anilines is 1. The highest BCUT2D eigenvalue weighted by Crippen LogP contribution is 2.43. The zero-order chi connectivity index (χ0) is 33.5. The monoisotopic (exact) mass is 632 g/mol. The number of aliphatic carboxylic acids is 1. The molecule has 2 unspecified atom stereocenters. The minimum Gasteiger partial charge on any atom is -0.481 e. The number of rotatable bonds is 12. The third kappa shape index (κ3) is 7.74. The zero-order valence-corrected chi connectivity index (χ0v) is 25.4. The van der Waals surface area contributed by atoms with Crippen LogP contribution in [0, 0.1) is 11.6 Å². The molecule has 240 valence electrons. The van der Waals surface area contributed by atoms with Crippen molar-refractivity contribution in [3.63, 3.8) is 0 Å². The van der Waals surface area contributed by atoms with Gasteiger partial charge in [-0.15, -0.1) is 0 Å². The maximum atomic E-state index is 14.3. The molecular formula is C35H34F2N2O7. The van der Waals surface area contributed by atoms with E-state index in [9.17, 15) is 33.4 Å². The fourth-order valence-corrected chi connectivity index (χ4v) is 5.24. The number of nitrogens with zero attached hydrogens (tertiary/aromatic N) is 1. The highest BCUT2D eigenvalue weighted by Gasteiger charge is 2.30. The molecule has 0 saturated heterocycles. The van der Waals surface area contributed by atoms with E-state index in [0.717, 1.165) is 0 Å². The summed E-state index contributed by atoms with van der Waals surface area (Å²) in [5, 5.41) is 32.6. The van der Waals surface area contributed by atoms with Gasteiger partial charge in [-0.25, -0.2) is 13.6 Å². The van der Waals surface area contributed by atoms with Gasteiger partial charge in [0.05, 0.1) is 37.0 Å². The Morgan fingerprint density at radius 3 is 2.00 bits per heavy atom. The van der Waals surface area contributed by atoms with Gasteiger partial charge >= 0.3 is 11.9 Å². The summed E-state index contributed by atoms with van der Waals surface area (Å²) in [7, 11) is 1.22. The molecule has 1 aromatic heterocycles. The molecule has 1 heterocycles. The molecule has 46 heavy (non-hydrogen) atoms. The maximum Gasteiger partial charge on any atom is 0.339 e. The number of carbonyl (C=O) groups is 3. The first-order valence-electron chi connectivity index (χ1n) is 14.5. The van der Waals surface area contributed by atoms with Crippen LogP contribution in [0.1, 0.15) is 59.3 Å². The summed E-state index contributed by atoms with van der Waals surface area (Å²) >= 11 is 0. The molecule has 0 fully saturated rings. The van der Waals surface area contributed by atoms with Crippen molar-refractivity contribution < 1.29 is 43.2 Å². The highest BCUT2D eigenvalue weighted by atomic mass is 19.1. The number of para-hydroxylation sites is 1. The highest BCUT2D eigenvalue weighted by molar-refractivity contribution is 6.13. The second-order valence-electron chi connectivity index (χ2n) is 10.9. The number of carbonyl (C=O) groups excluding carboxylic acids is 2. The van der Waals surface area contributed by atoms with Gasteiger partial charge in [0, 0.05) is 29.3 Å². The van der Waals surface area contributed by atoms with Crippen LogP contribution in [0.15, 0.2) is 78.9 Å². The lowest BCUT2D eigenvalue weighted by Gasteiger charge is -2.18. The number of carboxylic acids is 1. The minimum atomic E-state index is -1.31. The Morgan fingerprint density at radius 2 is 1.46 bits per heavy atom. The van der Waals surface area contributed by atoms with Crippen molar-refractivity contribution in [1.82, 2.24) is 4.57 Å². The van der Waals surface area contributed by atoms with Gasteiger partial charge in [0.2, 0.25) is 0 Å². The summed E-state index contributed by atoms with van der Waals surface area (Å²) in [6.45, 7) is 3.65. The number of carboxylic acid groups (broad SMARTS) is 1. The Bertz CT molecular complexity index is 1750. The molecular weight excluding hydrogens is 598 g/mol. The molecule has 3 aromatic carbocycles. The Balaban J connectivity index is 2.00. The van der Waals surface area contributed by atoms with Crippen LogP contribution < -0.4 is 5.32 Å². The number of esters is 1. The van der Waals surface area contributed by atoms with Crippen LogP contribution in [0.2, 0.25) is 0 Å².